The fourth-order valence-corrected chi connectivity index (χ4v) is 3.79. The molecular formula is C25H18Cl2N2. The van der Waals surface area contributed by atoms with Gasteiger partial charge in [-0.2, -0.15) is 5.26 Å². The maximum absolute atomic E-state index is 9.75. The molecule has 0 bridgehead atoms. The zero-order valence-electron chi connectivity index (χ0n) is 15.9. The van der Waals surface area contributed by atoms with Crippen LogP contribution in [0.1, 0.15) is 22.3 Å². The summed E-state index contributed by atoms with van der Waals surface area (Å²) in [7, 11) is 0. The van der Waals surface area contributed by atoms with Crippen LogP contribution >= 0.6 is 23.2 Å². The summed E-state index contributed by atoms with van der Waals surface area (Å²) in [6, 6.07) is 24.2. The lowest BCUT2D eigenvalue weighted by molar-refractivity contribution is 0.830. The smallest absolute Gasteiger partial charge is 0.0998 e. The molecule has 0 radical (unpaired) electrons. The van der Waals surface area contributed by atoms with Crippen molar-refractivity contribution >= 4 is 45.8 Å². The molecule has 3 aromatic carbocycles. The van der Waals surface area contributed by atoms with Crippen LogP contribution in [0.2, 0.25) is 10.0 Å². The zero-order valence-corrected chi connectivity index (χ0v) is 17.4. The molecule has 0 N–H and O–H groups in total. The highest BCUT2D eigenvalue weighted by Crippen LogP contribution is 2.30. The molecule has 0 saturated carbocycles. The van der Waals surface area contributed by atoms with Crippen LogP contribution in [-0.4, -0.2) is 4.57 Å². The van der Waals surface area contributed by atoms with Gasteiger partial charge >= 0.3 is 0 Å². The molecule has 0 unspecified atom stereocenters. The average molecular weight is 417 g/mol. The molecule has 0 aliphatic heterocycles. The van der Waals surface area contributed by atoms with Gasteiger partial charge < -0.3 is 4.57 Å². The maximum Gasteiger partial charge on any atom is 0.0998 e. The predicted octanol–water partition coefficient (Wildman–Crippen LogP) is 7.37. The van der Waals surface area contributed by atoms with Crippen molar-refractivity contribution in [1.82, 2.24) is 4.57 Å². The van der Waals surface area contributed by atoms with Crippen LogP contribution in [-0.2, 0) is 6.54 Å². The van der Waals surface area contributed by atoms with E-state index in [0.29, 0.717) is 15.6 Å². The summed E-state index contributed by atoms with van der Waals surface area (Å²) >= 11 is 12.2. The Balaban J connectivity index is 1.81. The second kappa shape index (κ2) is 8.17. The molecule has 0 aliphatic carbocycles. The third-order valence-corrected chi connectivity index (χ3v) is 5.81. The standard InChI is InChI=1S/C25H18Cl2N2/c1-17-6-2-3-7-19(17)15-29-16-21(22-8-4-5-9-25(22)29)12-20(14-28)18-10-11-23(26)24(27)13-18/h2-13,16H,15H2,1H3/b20-12+. The molecule has 1 heterocycles. The summed E-state index contributed by atoms with van der Waals surface area (Å²) in [6.07, 6.45) is 4.02. The number of hydrogen-bond acceptors (Lipinski definition) is 1. The summed E-state index contributed by atoms with van der Waals surface area (Å²) in [5.41, 5.74) is 5.95. The largest absolute Gasteiger partial charge is 0.342 e. The lowest BCUT2D eigenvalue weighted by atomic mass is 10.0. The molecule has 4 rings (SSSR count). The Morgan fingerprint density at radius 3 is 2.52 bits per heavy atom. The number of nitriles is 1. The summed E-state index contributed by atoms with van der Waals surface area (Å²) < 4.78 is 2.23. The van der Waals surface area contributed by atoms with Gasteiger partial charge in [0, 0.05) is 29.2 Å². The van der Waals surface area contributed by atoms with Gasteiger partial charge in [-0.1, -0.05) is 71.7 Å². The van der Waals surface area contributed by atoms with E-state index in [0.717, 1.165) is 28.6 Å². The van der Waals surface area contributed by atoms with E-state index in [1.807, 2.05) is 24.3 Å². The van der Waals surface area contributed by atoms with Gasteiger partial charge in [0.05, 0.1) is 21.7 Å². The monoisotopic (exact) mass is 416 g/mol. The Morgan fingerprint density at radius 2 is 1.76 bits per heavy atom. The third kappa shape index (κ3) is 3.93. The number of allylic oxidation sites excluding steroid dienone is 1. The molecule has 142 valence electrons. The van der Waals surface area contributed by atoms with Crippen LogP contribution < -0.4 is 0 Å². The Kier molecular flexibility index (Phi) is 5.45. The van der Waals surface area contributed by atoms with E-state index in [-0.39, 0.29) is 0 Å². The fraction of sp³-hybridized carbons (Fsp3) is 0.0800. The van der Waals surface area contributed by atoms with Crippen LogP contribution in [0.25, 0.3) is 22.6 Å². The molecule has 0 saturated heterocycles. The molecule has 4 heteroatoms. The van der Waals surface area contributed by atoms with Gasteiger partial charge in [-0.05, 0) is 47.9 Å². The molecule has 0 atom stereocenters. The van der Waals surface area contributed by atoms with Gasteiger partial charge in [-0.15, -0.1) is 0 Å². The Morgan fingerprint density at radius 1 is 1.00 bits per heavy atom. The summed E-state index contributed by atoms with van der Waals surface area (Å²) in [6.45, 7) is 2.90. The van der Waals surface area contributed by atoms with Gasteiger partial charge in [-0.25, -0.2) is 0 Å². The van der Waals surface area contributed by atoms with E-state index in [9.17, 15) is 5.26 Å². The number of hydrogen-bond donors (Lipinski definition) is 0. The van der Waals surface area contributed by atoms with Crippen molar-refractivity contribution in [1.29, 1.82) is 5.26 Å². The maximum atomic E-state index is 9.75. The van der Waals surface area contributed by atoms with Crippen molar-refractivity contribution in [2.24, 2.45) is 0 Å². The molecular weight excluding hydrogens is 399 g/mol. The highest BCUT2D eigenvalue weighted by molar-refractivity contribution is 6.42. The quantitative estimate of drug-likeness (QED) is 0.319. The SMILES string of the molecule is Cc1ccccc1Cn1cc(/C=C(\C#N)c2ccc(Cl)c(Cl)c2)c2ccccc21. The highest BCUT2D eigenvalue weighted by Gasteiger charge is 2.11. The number of aryl methyl sites for hydroxylation is 1. The van der Waals surface area contributed by atoms with Crippen molar-refractivity contribution in [2.75, 3.05) is 0 Å². The molecule has 29 heavy (non-hydrogen) atoms. The highest BCUT2D eigenvalue weighted by atomic mass is 35.5. The van der Waals surface area contributed by atoms with Crippen molar-refractivity contribution in [3.63, 3.8) is 0 Å². The number of halogens is 2. The fourth-order valence-electron chi connectivity index (χ4n) is 3.49. The van der Waals surface area contributed by atoms with Crippen LogP contribution in [0.15, 0.2) is 72.9 Å². The lowest BCUT2D eigenvalue weighted by Gasteiger charge is -2.08. The average Bonchev–Trinajstić information content (AvgIpc) is 3.07. The molecule has 2 nitrogen and oxygen atoms in total. The molecule has 4 aromatic rings. The first kappa shape index (κ1) is 19.3. The van der Waals surface area contributed by atoms with E-state index in [2.05, 4.69) is 60.2 Å². The van der Waals surface area contributed by atoms with Gasteiger partial charge in [0.2, 0.25) is 0 Å². The minimum atomic E-state index is 0.437. The Labute approximate surface area is 180 Å². The number of nitrogens with zero attached hydrogens (tertiary/aromatic N) is 2. The van der Waals surface area contributed by atoms with Gasteiger partial charge in [-0.3, -0.25) is 0 Å². The first-order chi connectivity index (χ1) is 14.1. The van der Waals surface area contributed by atoms with Crippen LogP contribution in [0.3, 0.4) is 0 Å². The van der Waals surface area contributed by atoms with Crippen molar-refractivity contribution < 1.29 is 0 Å². The van der Waals surface area contributed by atoms with E-state index in [1.54, 1.807) is 12.1 Å². The first-order valence-corrected chi connectivity index (χ1v) is 10.0. The number of para-hydroxylation sites is 1. The molecule has 0 fully saturated rings. The van der Waals surface area contributed by atoms with Gasteiger partial charge in [0.1, 0.15) is 0 Å². The number of rotatable bonds is 4. The second-order valence-corrected chi connectivity index (χ2v) is 7.77. The Hall–Kier alpha value is -2.99. The first-order valence-electron chi connectivity index (χ1n) is 9.26. The van der Waals surface area contributed by atoms with E-state index < -0.39 is 0 Å². The predicted molar refractivity (Wildman–Crippen MR) is 122 cm³/mol. The molecule has 0 amide bonds. The van der Waals surface area contributed by atoms with Crippen LogP contribution in [0.4, 0.5) is 0 Å². The van der Waals surface area contributed by atoms with Gasteiger partial charge in [0.25, 0.3) is 0 Å². The normalized spacial score (nSPS) is 11.6. The van der Waals surface area contributed by atoms with Crippen molar-refractivity contribution in [2.45, 2.75) is 13.5 Å². The number of fused-ring (bicyclic) bond motifs is 1. The number of benzene rings is 3. The van der Waals surface area contributed by atoms with Crippen LogP contribution in [0, 0.1) is 18.3 Å². The number of aromatic nitrogens is 1. The minimum absolute atomic E-state index is 0.437. The van der Waals surface area contributed by atoms with E-state index in [1.165, 1.54) is 11.1 Å². The zero-order chi connectivity index (χ0) is 20.4. The summed E-state index contributed by atoms with van der Waals surface area (Å²) in [4.78, 5) is 0. The summed E-state index contributed by atoms with van der Waals surface area (Å²) in [5, 5.41) is 11.8. The van der Waals surface area contributed by atoms with Crippen LogP contribution in [0.5, 0.6) is 0 Å². The molecule has 0 aliphatic rings. The Bertz CT molecular complexity index is 1280. The second-order valence-electron chi connectivity index (χ2n) is 6.95. The van der Waals surface area contributed by atoms with Crippen molar-refractivity contribution in [3.05, 3.63) is 105 Å². The van der Waals surface area contributed by atoms with Gasteiger partial charge in [0.15, 0.2) is 0 Å². The topological polar surface area (TPSA) is 28.7 Å². The third-order valence-electron chi connectivity index (χ3n) is 5.07. The van der Waals surface area contributed by atoms with E-state index >= 15 is 0 Å². The van der Waals surface area contributed by atoms with Crippen molar-refractivity contribution in [3.8, 4) is 6.07 Å². The minimum Gasteiger partial charge on any atom is -0.342 e. The van der Waals surface area contributed by atoms with E-state index in [4.69, 9.17) is 23.2 Å². The molecule has 0 spiro atoms. The lowest BCUT2D eigenvalue weighted by Crippen LogP contribution is -1.99. The molecule has 1 aromatic heterocycles. The summed E-state index contributed by atoms with van der Waals surface area (Å²) in [5.74, 6) is 0.